The van der Waals surface area contributed by atoms with Gasteiger partial charge in [0.15, 0.2) is 0 Å². The number of esters is 1. The fourth-order valence-electron chi connectivity index (χ4n) is 3.39. The molecule has 0 spiro atoms. The summed E-state index contributed by atoms with van der Waals surface area (Å²) in [7, 11) is 8.07. The van der Waals surface area contributed by atoms with E-state index in [1.54, 1.807) is 0 Å². The summed E-state index contributed by atoms with van der Waals surface area (Å²) in [6, 6.07) is 0. The number of carbonyl (C=O) groups excluding carboxylic acids is 1. The van der Waals surface area contributed by atoms with Crippen molar-refractivity contribution in [3.8, 4) is 0 Å². The van der Waals surface area contributed by atoms with E-state index in [-0.39, 0.29) is 17.5 Å². The standard InChI is InChI=1S/C16H32N2O2/c1-7-13-9-10-16(13,8-2)15(19)20-14(11-17(3)4)12-18(5)6/h13-14H,7-12H2,1-6H3. The molecule has 0 aromatic heterocycles. The molecule has 0 aromatic rings. The van der Waals surface area contributed by atoms with Gasteiger partial charge in [0, 0.05) is 13.1 Å². The van der Waals surface area contributed by atoms with Gasteiger partial charge in [-0.25, -0.2) is 0 Å². The average molecular weight is 284 g/mol. The van der Waals surface area contributed by atoms with Crippen LogP contribution in [0.2, 0.25) is 0 Å². The van der Waals surface area contributed by atoms with Crippen molar-refractivity contribution in [3.63, 3.8) is 0 Å². The van der Waals surface area contributed by atoms with Crippen LogP contribution in [0.3, 0.4) is 0 Å². The second-order valence-corrected chi connectivity index (χ2v) is 6.71. The number of carbonyl (C=O) groups is 1. The van der Waals surface area contributed by atoms with Gasteiger partial charge >= 0.3 is 5.97 Å². The zero-order valence-electron chi connectivity index (χ0n) is 14.1. The molecule has 1 rings (SSSR count). The lowest BCUT2D eigenvalue weighted by molar-refractivity contribution is -0.176. The fourth-order valence-corrected chi connectivity index (χ4v) is 3.39. The molecule has 0 heterocycles. The zero-order valence-corrected chi connectivity index (χ0v) is 14.1. The van der Waals surface area contributed by atoms with Crippen LogP contribution in [-0.2, 0) is 9.53 Å². The minimum Gasteiger partial charge on any atom is -0.459 e. The molecule has 0 aliphatic heterocycles. The Labute approximate surface area is 124 Å². The maximum absolute atomic E-state index is 12.7. The first kappa shape index (κ1) is 17.4. The third kappa shape index (κ3) is 3.95. The third-order valence-corrected chi connectivity index (χ3v) is 4.66. The number of ether oxygens (including phenoxy) is 1. The second-order valence-electron chi connectivity index (χ2n) is 6.71. The molecule has 0 amide bonds. The largest absolute Gasteiger partial charge is 0.459 e. The van der Waals surface area contributed by atoms with Gasteiger partial charge in [-0.2, -0.15) is 0 Å². The van der Waals surface area contributed by atoms with Crippen LogP contribution in [0.5, 0.6) is 0 Å². The van der Waals surface area contributed by atoms with Gasteiger partial charge in [0.05, 0.1) is 5.41 Å². The van der Waals surface area contributed by atoms with E-state index in [1.165, 1.54) is 6.42 Å². The van der Waals surface area contributed by atoms with Gasteiger partial charge in [-0.05, 0) is 53.4 Å². The van der Waals surface area contributed by atoms with Crippen LogP contribution in [0.4, 0.5) is 0 Å². The maximum Gasteiger partial charge on any atom is 0.312 e. The van der Waals surface area contributed by atoms with E-state index in [1.807, 2.05) is 28.2 Å². The van der Waals surface area contributed by atoms with Crippen LogP contribution in [0.25, 0.3) is 0 Å². The Kier molecular flexibility index (Phi) is 6.46. The lowest BCUT2D eigenvalue weighted by Crippen LogP contribution is -2.50. The Hall–Kier alpha value is -0.610. The van der Waals surface area contributed by atoms with Gasteiger partial charge in [0.2, 0.25) is 0 Å². The molecular weight excluding hydrogens is 252 g/mol. The van der Waals surface area contributed by atoms with Crippen LogP contribution in [0.1, 0.15) is 39.5 Å². The van der Waals surface area contributed by atoms with Crippen molar-refractivity contribution < 1.29 is 9.53 Å². The van der Waals surface area contributed by atoms with Crippen molar-refractivity contribution in [1.29, 1.82) is 0 Å². The predicted molar refractivity (Wildman–Crippen MR) is 82.7 cm³/mol. The van der Waals surface area contributed by atoms with Crippen LogP contribution < -0.4 is 0 Å². The highest BCUT2D eigenvalue weighted by Crippen LogP contribution is 2.51. The first-order valence-corrected chi connectivity index (χ1v) is 7.86. The normalized spacial score (nSPS) is 26.1. The average Bonchev–Trinajstić information content (AvgIpc) is 2.27. The minimum absolute atomic E-state index is 0.0341. The Balaban J connectivity index is 2.69. The van der Waals surface area contributed by atoms with E-state index in [9.17, 15) is 4.79 Å². The zero-order chi connectivity index (χ0) is 15.3. The summed E-state index contributed by atoms with van der Waals surface area (Å²) in [5.41, 5.74) is -0.203. The quantitative estimate of drug-likeness (QED) is 0.640. The van der Waals surface area contributed by atoms with Crippen LogP contribution in [-0.4, -0.2) is 63.2 Å². The maximum atomic E-state index is 12.7. The second kappa shape index (κ2) is 7.41. The van der Waals surface area contributed by atoms with Crippen LogP contribution in [0.15, 0.2) is 0 Å². The molecule has 0 bridgehead atoms. The van der Waals surface area contributed by atoms with Gasteiger partial charge < -0.3 is 14.5 Å². The number of hydrogen-bond acceptors (Lipinski definition) is 4. The molecule has 1 aliphatic carbocycles. The van der Waals surface area contributed by atoms with Gasteiger partial charge in [0.1, 0.15) is 6.10 Å². The third-order valence-electron chi connectivity index (χ3n) is 4.66. The first-order chi connectivity index (χ1) is 9.35. The topological polar surface area (TPSA) is 32.8 Å². The molecule has 0 radical (unpaired) electrons. The SMILES string of the molecule is CCC1CCC1(CC)C(=O)OC(CN(C)C)CN(C)C. The molecule has 1 fully saturated rings. The lowest BCUT2D eigenvalue weighted by Gasteiger charge is -2.47. The van der Waals surface area contributed by atoms with E-state index < -0.39 is 0 Å². The summed E-state index contributed by atoms with van der Waals surface area (Å²) < 4.78 is 5.88. The predicted octanol–water partition coefficient (Wildman–Crippen LogP) is 2.24. The Morgan fingerprint density at radius 1 is 1.20 bits per heavy atom. The molecule has 0 aromatic carbocycles. The van der Waals surface area contributed by atoms with Crippen molar-refractivity contribution in [2.75, 3.05) is 41.3 Å². The van der Waals surface area contributed by atoms with Crippen molar-refractivity contribution in [3.05, 3.63) is 0 Å². The summed E-state index contributed by atoms with van der Waals surface area (Å²) >= 11 is 0. The Bertz CT molecular complexity index is 302. The van der Waals surface area contributed by atoms with Gasteiger partial charge in [-0.15, -0.1) is 0 Å². The molecule has 0 saturated heterocycles. The van der Waals surface area contributed by atoms with Crippen molar-refractivity contribution in [2.24, 2.45) is 11.3 Å². The molecule has 1 saturated carbocycles. The molecule has 2 atom stereocenters. The highest BCUT2D eigenvalue weighted by molar-refractivity contribution is 5.78. The molecule has 1 aliphatic rings. The van der Waals surface area contributed by atoms with E-state index in [0.717, 1.165) is 32.4 Å². The summed E-state index contributed by atoms with van der Waals surface area (Å²) in [5.74, 6) is 0.547. The minimum atomic E-state index is -0.203. The molecule has 0 N–H and O–H groups in total. The highest BCUT2D eigenvalue weighted by Gasteiger charge is 2.51. The number of rotatable bonds is 8. The number of likely N-dealkylation sites (N-methyl/N-ethyl adjacent to an activating group) is 2. The Morgan fingerprint density at radius 3 is 2.05 bits per heavy atom. The van der Waals surface area contributed by atoms with Crippen LogP contribution in [0, 0.1) is 11.3 Å². The smallest absolute Gasteiger partial charge is 0.312 e. The fraction of sp³-hybridized carbons (Fsp3) is 0.938. The molecule has 4 nitrogen and oxygen atoms in total. The first-order valence-electron chi connectivity index (χ1n) is 7.86. The Morgan fingerprint density at radius 2 is 1.75 bits per heavy atom. The van der Waals surface area contributed by atoms with Crippen LogP contribution >= 0.6 is 0 Å². The van der Waals surface area contributed by atoms with Gasteiger partial charge in [-0.1, -0.05) is 20.3 Å². The van der Waals surface area contributed by atoms with Gasteiger partial charge in [-0.3, -0.25) is 4.79 Å². The van der Waals surface area contributed by atoms with E-state index in [2.05, 4.69) is 23.6 Å². The molecule has 2 unspecified atom stereocenters. The monoisotopic (exact) mass is 284 g/mol. The lowest BCUT2D eigenvalue weighted by atomic mass is 9.57. The summed E-state index contributed by atoms with van der Waals surface area (Å²) in [5, 5.41) is 0. The molecular formula is C16H32N2O2. The summed E-state index contributed by atoms with van der Waals surface area (Å²) in [6.07, 6.45) is 4.10. The van der Waals surface area contributed by atoms with E-state index >= 15 is 0 Å². The van der Waals surface area contributed by atoms with Crippen molar-refractivity contribution >= 4 is 5.97 Å². The molecule has 4 heteroatoms. The van der Waals surface area contributed by atoms with Crippen molar-refractivity contribution in [1.82, 2.24) is 9.80 Å². The molecule has 20 heavy (non-hydrogen) atoms. The van der Waals surface area contributed by atoms with E-state index in [4.69, 9.17) is 4.74 Å². The number of hydrogen-bond donors (Lipinski definition) is 0. The van der Waals surface area contributed by atoms with Gasteiger partial charge in [0.25, 0.3) is 0 Å². The summed E-state index contributed by atoms with van der Waals surface area (Å²) in [6.45, 7) is 5.86. The van der Waals surface area contributed by atoms with E-state index in [0.29, 0.717) is 5.92 Å². The highest BCUT2D eigenvalue weighted by atomic mass is 16.5. The number of nitrogens with zero attached hydrogens (tertiary/aromatic N) is 2. The molecule has 118 valence electrons. The van der Waals surface area contributed by atoms with Crippen molar-refractivity contribution in [2.45, 2.75) is 45.6 Å². The summed E-state index contributed by atoms with van der Waals surface area (Å²) in [4.78, 5) is 16.8.